The van der Waals surface area contributed by atoms with Crippen molar-refractivity contribution in [2.24, 2.45) is 0 Å². The molecule has 1 fully saturated rings. The summed E-state index contributed by atoms with van der Waals surface area (Å²) in [5.41, 5.74) is 2.45. The molecule has 1 atom stereocenters. The van der Waals surface area contributed by atoms with E-state index in [0.717, 1.165) is 36.5 Å². The maximum absolute atomic E-state index is 12.9. The molecule has 7 nitrogen and oxygen atoms in total. The van der Waals surface area contributed by atoms with Crippen molar-refractivity contribution in [3.63, 3.8) is 0 Å². The Balaban J connectivity index is 1.39. The van der Waals surface area contributed by atoms with Crippen LogP contribution in [0.4, 0.5) is 0 Å². The van der Waals surface area contributed by atoms with Crippen LogP contribution in [0.25, 0.3) is 11.2 Å². The van der Waals surface area contributed by atoms with E-state index in [4.69, 9.17) is 14.5 Å². The number of imidazole rings is 1. The van der Waals surface area contributed by atoms with Crippen LogP contribution >= 0.6 is 0 Å². The van der Waals surface area contributed by atoms with Crippen LogP contribution in [0.1, 0.15) is 35.4 Å². The molecule has 3 aromatic rings. The van der Waals surface area contributed by atoms with E-state index in [1.807, 2.05) is 17.0 Å². The van der Waals surface area contributed by atoms with E-state index in [1.54, 1.807) is 24.4 Å². The van der Waals surface area contributed by atoms with E-state index in [-0.39, 0.29) is 18.6 Å². The second-order valence-corrected chi connectivity index (χ2v) is 6.87. The largest absolute Gasteiger partial charge is 0.454 e. The van der Waals surface area contributed by atoms with Crippen LogP contribution in [0, 0.1) is 0 Å². The molecule has 138 valence electrons. The summed E-state index contributed by atoms with van der Waals surface area (Å²) in [6, 6.07) is 9.26. The Bertz CT molecular complexity index is 1030. The highest BCUT2D eigenvalue weighted by Gasteiger charge is 2.32. The second kappa shape index (κ2) is 6.26. The van der Waals surface area contributed by atoms with Gasteiger partial charge in [-0.1, -0.05) is 0 Å². The van der Waals surface area contributed by atoms with Crippen molar-refractivity contribution >= 4 is 17.1 Å². The van der Waals surface area contributed by atoms with Crippen LogP contribution < -0.4 is 9.47 Å². The summed E-state index contributed by atoms with van der Waals surface area (Å²) in [6.45, 7) is 4.51. The smallest absolute Gasteiger partial charge is 0.254 e. The Morgan fingerprint density at radius 2 is 2.15 bits per heavy atom. The Kier molecular flexibility index (Phi) is 3.74. The van der Waals surface area contributed by atoms with Gasteiger partial charge in [0.1, 0.15) is 11.3 Å². The first-order valence-electron chi connectivity index (χ1n) is 9.24. The normalized spacial score (nSPS) is 18.4. The number of amides is 1. The molecule has 4 heterocycles. The maximum atomic E-state index is 12.9. The number of likely N-dealkylation sites (tertiary alicyclic amines) is 1. The van der Waals surface area contributed by atoms with Gasteiger partial charge in [0.05, 0.1) is 0 Å². The summed E-state index contributed by atoms with van der Waals surface area (Å²) in [7, 11) is 0. The number of carbonyl (C=O) groups is 1. The summed E-state index contributed by atoms with van der Waals surface area (Å²) in [6.07, 6.45) is 2.70. The average Bonchev–Trinajstić information content (AvgIpc) is 3.43. The molecule has 2 aliphatic heterocycles. The second-order valence-electron chi connectivity index (χ2n) is 6.87. The summed E-state index contributed by atoms with van der Waals surface area (Å²) < 4.78 is 12.9. The van der Waals surface area contributed by atoms with E-state index in [1.165, 1.54) is 0 Å². The van der Waals surface area contributed by atoms with Crippen LogP contribution in [0.2, 0.25) is 0 Å². The van der Waals surface area contributed by atoms with Gasteiger partial charge in [0.2, 0.25) is 6.79 Å². The van der Waals surface area contributed by atoms with Crippen molar-refractivity contribution in [3.05, 3.63) is 47.9 Å². The van der Waals surface area contributed by atoms with Gasteiger partial charge in [0.15, 0.2) is 17.1 Å². The van der Waals surface area contributed by atoms with Crippen molar-refractivity contribution < 1.29 is 14.3 Å². The van der Waals surface area contributed by atoms with Crippen molar-refractivity contribution in [3.8, 4) is 11.5 Å². The SMILES string of the molecule is CCn1c(C2CCN(C(=O)c3ccc4c(c3)OCO4)C2)nc2cccnc21. The quantitative estimate of drug-likeness (QED) is 0.715. The lowest BCUT2D eigenvalue weighted by atomic mass is 10.1. The van der Waals surface area contributed by atoms with Crippen LogP contribution in [0.15, 0.2) is 36.5 Å². The minimum atomic E-state index is 0.0214. The molecule has 2 aliphatic rings. The Hall–Kier alpha value is -3.09. The molecule has 27 heavy (non-hydrogen) atoms. The predicted molar refractivity (Wildman–Crippen MR) is 99.0 cm³/mol. The van der Waals surface area contributed by atoms with Crippen molar-refractivity contribution in [2.75, 3.05) is 19.9 Å². The van der Waals surface area contributed by atoms with E-state index < -0.39 is 0 Å². The molecule has 1 amide bonds. The number of pyridine rings is 1. The van der Waals surface area contributed by atoms with Crippen molar-refractivity contribution in [2.45, 2.75) is 25.8 Å². The third kappa shape index (κ3) is 2.61. The molecule has 7 heteroatoms. The summed E-state index contributed by atoms with van der Waals surface area (Å²) >= 11 is 0. The standard InChI is InChI=1S/C20H20N4O3/c1-2-24-18(22-15-4-3-8-21-19(15)24)14-7-9-23(11-14)20(25)13-5-6-16-17(10-13)27-12-26-16/h3-6,8,10,14H,2,7,9,11-12H2,1H3. The van der Waals surface area contributed by atoms with E-state index >= 15 is 0 Å². The van der Waals surface area contributed by atoms with Crippen LogP contribution in [0.3, 0.4) is 0 Å². The first kappa shape index (κ1) is 16.1. The number of carbonyl (C=O) groups excluding carboxylic acids is 1. The fourth-order valence-corrected chi connectivity index (χ4v) is 3.97. The van der Waals surface area contributed by atoms with Gasteiger partial charge >= 0.3 is 0 Å². The van der Waals surface area contributed by atoms with Gasteiger partial charge < -0.3 is 18.9 Å². The highest BCUT2D eigenvalue weighted by Crippen LogP contribution is 2.34. The number of aryl methyl sites for hydroxylation is 1. The van der Waals surface area contributed by atoms with E-state index in [2.05, 4.69) is 16.5 Å². The van der Waals surface area contributed by atoms with Crippen molar-refractivity contribution in [1.29, 1.82) is 0 Å². The molecule has 1 aromatic carbocycles. The summed E-state index contributed by atoms with van der Waals surface area (Å²) in [5, 5.41) is 0. The number of hydrogen-bond donors (Lipinski definition) is 0. The molecule has 2 aromatic heterocycles. The monoisotopic (exact) mass is 364 g/mol. The van der Waals surface area contributed by atoms with Gasteiger partial charge in [-0.25, -0.2) is 9.97 Å². The third-order valence-corrected chi connectivity index (χ3v) is 5.31. The number of fused-ring (bicyclic) bond motifs is 2. The molecule has 0 spiro atoms. The van der Waals surface area contributed by atoms with Gasteiger partial charge in [0.25, 0.3) is 5.91 Å². The molecule has 5 rings (SSSR count). The Morgan fingerprint density at radius 1 is 1.26 bits per heavy atom. The number of aromatic nitrogens is 3. The van der Waals surface area contributed by atoms with Crippen LogP contribution in [-0.2, 0) is 6.54 Å². The zero-order chi connectivity index (χ0) is 18.4. The first-order valence-corrected chi connectivity index (χ1v) is 9.24. The Labute approximate surface area is 156 Å². The minimum Gasteiger partial charge on any atom is -0.454 e. The highest BCUT2D eigenvalue weighted by atomic mass is 16.7. The van der Waals surface area contributed by atoms with Crippen molar-refractivity contribution in [1.82, 2.24) is 19.4 Å². The van der Waals surface area contributed by atoms with Gasteiger partial charge in [0, 0.05) is 37.3 Å². The topological polar surface area (TPSA) is 69.5 Å². The number of ether oxygens (including phenoxy) is 2. The lowest BCUT2D eigenvalue weighted by molar-refractivity contribution is 0.0790. The van der Waals surface area contributed by atoms with Crippen LogP contribution in [-0.4, -0.2) is 45.2 Å². The number of benzene rings is 1. The molecule has 0 bridgehead atoms. The summed E-state index contributed by atoms with van der Waals surface area (Å²) in [4.78, 5) is 24.1. The van der Waals surface area contributed by atoms with E-state index in [0.29, 0.717) is 23.6 Å². The molecule has 1 unspecified atom stereocenters. The number of rotatable bonds is 3. The molecule has 0 radical (unpaired) electrons. The zero-order valence-electron chi connectivity index (χ0n) is 15.1. The fourth-order valence-electron chi connectivity index (χ4n) is 3.97. The van der Waals surface area contributed by atoms with Gasteiger partial charge in [-0.2, -0.15) is 0 Å². The third-order valence-electron chi connectivity index (χ3n) is 5.31. The van der Waals surface area contributed by atoms with Gasteiger partial charge in [-0.05, 0) is 43.7 Å². The number of hydrogen-bond acceptors (Lipinski definition) is 5. The predicted octanol–water partition coefficient (Wildman–Crippen LogP) is 2.81. The lowest BCUT2D eigenvalue weighted by Crippen LogP contribution is -2.28. The molecule has 1 saturated heterocycles. The summed E-state index contributed by atoms with van der Waals surface area (Å²) in [5.74, 6) is 2.59. The number of nitrogens with zero attached hydrogens (tertiary/aromatic N) is 4. The highest BCUT2D eigenvalue weighted by molar-refractivity contribution is 5.95. The van der Waals surface area contributed by atoms with Gasteiger partial charge in [-0.15, -0.1) is 0 Å². The lowest BCUT2D eigenvalue weighted by Gasteiger charge is -2.17. The first-order chi connectivity index (χ1) is 13.2. The minimum absolute atomic E-state index is 0.0214. The average molecular weight is 364 g/mol. The fraction of sp³-hybridized carbons (Fsp3) is 0.350. The molecular weight excluding hydrogens is 344 g/mol. The molecular formula is C20H20N4O3. The maximum Gasteiger partial charge on any atom is 0.254 e. The zero-order valence-corrected chi connectivity index (χ0v) is 15.1. The van der Waals surface area contributed by atoms with E-state index in [9.17, 15) is 4.79 Å². The van der Waals surface area contributed by atoms with Crippen LogP contribution in [0.5, 0.6) is 11.5 Å². The van der Waals surface area contributed by atoms with Gasteiger partial charge in [-0.3, -0.25) is 4.79 Å². The molecule has 0 N–H and O–H groups in total. The Morgan fingerprint density at radius 3 is 3.04 bits per heavy atom. The molecule has 0 saturated carbocycles. The molecule has 0 aliphatic carbocycles.